The van der Waals surface area contributed by atoms with E-state index in [9.17, 15) is 9.90 Å². The molecule has 0 amide bonds. The molecule has 4 rings (SSSR count). The minimum Gasteiger partial charge on any atom is -0.497 e. The van der Waals surface area contributed by atoms with Crippen LogP contribution in [0.25, 0.3) is 0 Å². The van der Waals surface area contributed by atoms with Crippen LogP contribution in [0, 0.1) is 11.8 Å². The zero-order chi connectivity index (χ0) is 23.4. The lowest BCUT2D eigenvalue weighted by Gasteiger charge is -2.27. The van der Waals surface area contributed by atoms with Crippen LogP contribution in [0.5, 0.6) is 11.5 Å². The normalized spacial score (nSPS) is 15.1. The molecular weight excluding hydrogens is 418 g/mol. The predicted octanol–water partition coefficient (Wildman–Crippen LogP) is 4.29. The lowest BCUT2D eigenvalue weighted by molar-refractivity contribution is -0.136. The molecule has 2 aromatic carbocycles. The molecule has 0 spiro atoms. The zero-order valence-electron chi connectivity index (χ0n) is 19.1. The third-order valence-corrected chi connectivity index (χ3v) is 6.55. The molecule has 2 N–H and O–H groups in total. The van der Waals surface area contributed by atoms with Gasteiger partial charge in [-0.2, -0.15) is 0 Å². The number of ether oxygens (including phenoxy) is 2. The third-order valence-electron chi connectivity index (χ3n) is 6.55. The monoisotopic (exact) mass is 449 g/mol. The van der Waals surface area contributed by atoms with Crippen LogP contribution in [0.3, 0.4) is 0 Å². The third kappa shape index (κ3) is 5.57. The first-order chi connectivity index (χ1) is 15.9. The second-order valence-corrected chi connectivity index (χ2v) is 8.92. The SMILES string of the molecule is COc1cc(OC)cc([C@@H](O)[C@H](CC2Cc3ccccc3C2)Cn2ccc(CC(=O)O)c2)c1. The van der Waals surface area contributed by atoms with E-state index in [2.05, 4.69) is 24.3 Å². The molecule has 0 fully saturated rings. The smallest absolute Gasteiger partial charge is 0.307 e. The van der Waals surface area contributed by atoms with E-state index in [1.54, 1.807) is 20.3 Å². The van der Waals surface area contributed by atoms with Crippen molar-refractivity contribution >= 4 is 5.97 Å². The van der Waals surface area contributed by atoms with Crippen LogP contribution in [0.2, 0.25) is 0 Å². The van der Waals surface area contributed by atoms with Gasteiger partial charge in [0.1, 0.15) is 11.5 Å². The average Bonchev–Trinajstić information content (AvgIpc) is 3.43. The van der Waals surface area contributed by atoms with Crippen molar-refractivity contribution in [2.24, 2.45) is 11.8 Å². The molecule has 6 nitrogen and oxygen atoms in total. The Hall–Kier alpha value is -3.25. The Bertz CT molecular complexity index is 1060. The number of carbonyl (C=O) groups is 1. The van der Waals surface area contributed by atoms with Crippen molar-refractivity contribution in [2.45, 2.75) is 38.3 Å². The Morgan fingerprint density at radius 2 is 1.70 bits per heavy atom. The fourth-order valence-electron chi connectivity index (χ4n) is 4.97. The summed E-state index contributed by atoms with van der Waals surface area (Å²) >= 11 is 0. The van der Waals surface area contributed by atoms with Gasteiger partial charge < -0.3 is 24.3 Å². The van der Waals surface area contributed by atoms with Crippen LogP contribution in [0.1, 0.15) is 34.8 Å². The van der Waals surface area contributed by atoms with E-state index in [-0.39, 0.29) is 12.3 Å². The number of hydrogen-bond acceptors (Lipinski definition) is 4. The van der Waals surface area contributed by atoms with Gasteiger partial charge >= 0.3 is 5.97 Å². The van der Waals surface area contributed by atoms with Gasteiger partial charge in [-0.15, -0.1) is 0 Å². The molecule has 0 bridgehead atoms. The number of methoxy groups -OCH3 is 2. The largest absolute Gasteiger partial charge is 0.497 e. The molecule has 174 valence electrons. The fraction of sp³-hybridized carbons (Fsp3) is 0.370. The minimum absolute atomic E-state index is 0.00869. The summed E-state index contributed by atoms with van der Waals surface area (Å²) in [6.45, 7) is 0.590. The zero-order valence-corrected chi connectivity index (χ0v) is 19.1. The summed E-state index contributed by atoms with van der Waals surface area (Å²) in [6, 6.07) is 15.9. The predicted molar refractivity (Wildman–Crippen MR) is 126 cm³/mol. The molecule has 1 aromatic heterocycles. The van der Waals surface area contributed by atoms with Crippen molar-refractivity contribution in [3.63, 3.8) is 0 Å². The molecule has 0 saturated carbocycles. The van der Waals surface area contributed by atoms with Gasteiger partial charge in [0.05, 0.1) is 26.7 Å². The van der Waals surface area contributed by atoms with E-state index < -0.39 is 12.1 Å². The summed E-state index contributed by atoms with van der Waals surface area (Å²) in [4.78, 5) is 11.1. The van der Waals surface area contributed by atoms with Gasteiger partial charge in [0.15, 0.2) is 0 Å². The number of rotatable bonds is 10. The van der Waals surface area contributed by atoms with Crippen LogP contribution in [-0.4, -0.2) is 35.0 Å². The first-order valence-corrected chi connectivity index (χ1v) is 11.3. The van der Waals surface area contributed by atoms with Gasteiger partial charge in [-0.05, 0) is 65.6 Å². The summed E-state index contributed by atoms with van der Waals surface area (Å²) in [7, 11) is 3.20. The van der Waals surface area contributed by atoms with Gasteiger partial charge in [0.2, 0.25) is 0 Å². The molecule has 1 heterocycles. The average molecular weight is 450 g/mol. The Balaban J connectivity index is 1.58. The van der Waals surface area contributed by atoms with E-state index in [0.717, 1.165) is 30.4 Å². The van der Waals surface area contributed by atoms with E-state index in [1.165, 1.54) is 11.1 Å². The van der Waals surface area contributed by atoms with Crippen molar-refractivity contribution in [1.29, 1.82) is 0 Å². The van der Waals surface area contributed by atoms with Crippen LogP contribution in [0.4, 0.5) is 0 Å². The van der Waals surface area contributed by atoms with E-state index >= 15 is 0 Å². The van der Waals surface area contributed by atoms with E-state index in [4.69, 9.17) is 14.6 Å². The number of aromatic nitrogens is 1. The first kappa shape index (κ1) is 22.9. The Labute approximate surface area is 194 Å². The highest BCUT2D eigenvalue weighted by Gasteiger charge is 2.29. The lowest BCUT2D eigenvalue weighted by Crippen LogP contribution is -2.22. The van der Waals surface area contributed by atoms with Crippen LogP contribution < -0.4 is 9.47 Å². The van der Waals surface area contributed by atoms with Crippen molar-refractivity contribution in [3.05, 3.63) is 83.2 Å². The van der Waals surface area contributed by atoms with Gasteiger partial charge in [0, 0.05) is 30.9 Å². The number of nitrogens with zero attached hydrogens (tertiary/aromatic N) is 1. The Kier molecular flexibility index (Phi) is 7.04. The number of carboxylic acids is 1. The number of aliphatic hydroxyl groups excluding tert-OH is 1. The maximum absolute atomic E-state index is 11.5. The second kappa shape index (κ2) is 10.1. The van der Waals surface area contributed by atoms with Gasteiger partial charge in [0.25, 0.3) is 0 Å². The minimum atomic E-state index is -0.850. The molecular formula is C27H31NO5. The number of aliphatic hydroxyl groups is 1. The van der Waals surface area contributed by atoms with Crippen LogP contribution >= 0.6 is 0 Å². The summed E-state index contributed by atoms with van der Waals surface area (Å²) < 4.78 is 12.8. The number of aliphatic carboxylic acids is 1. The van der Waals surface area contributed by atoms with Crippen molar-refractivity contribution < 1.29 is 24.5 Å². The highest BCUT2D eigenvalue weighted by Crippen LogP contribution is 2.37. The second-order valence-electron chi connectivity index (χ2n) is 8.92. The Morgan fingerprint density at radius 1 is 1.06 bits per heavy atom. The molecule has 0 unspecified atom stereocenters. The summed E-state index contributed by atoms with van der Waals surface area (Å²) in [5.74, 6) is 0.812. The molecule has 6 heteroatoms. The number of hydrogen-bond donors (Lipinski definition) is 2. The molecule has 1 aliphatic rings. The van der Waals surface area contributed by atoms with Crippen molar-refractivity contribution in [1.82, 2.24) is 4.57 Å². The van der Waals surface area contributed by atoms with Gasteiger partial charge in [-0.1, -0.05) is 24.3 Å². The number of benzene rings is 2. The standard InChI is InChI=1S/C27H31NO5/c1-32-24-13-22(14-25(15-24)33-2)27(31)23(17-28-8-7-18(16-28)12-26(29)30)11-19-9-20-5-3-4-6-21(20)10-19/h3-8,13-16,19,23,27,31H,9-12,17H2,1-2H3,(H,29,30)/t23-,27-/m1/s1. The molecule has 0 aliphatic heterocycles. The summed E-state index contributed by atoms with van der Waals surface area (Å²) in [5, 5.41) is 20.6. The highest BCUT2D eigenvalue weighted by molar-refractivity contribution is 5.70. The maximum Gasteiger partial charge on any atom is 0.307 e. The number of carboxylic acid groups (broad SMARTS) is 1. The topological polar surface area (TPSA) is 80.9 Å². The van der Waals surface area contributed by atoms with Crippen molar-refractivity contribution in [2.75, 3.05) is 14.2 Å². The highest BCUT2D eigenvalue weighted by atomic mass is 16.5. The summed E-state index contributed by atoms with van der Waals surface area (Å²) in [5.41, 5.74) is 4.30. The lowest BCUT2D eigenvalue weighted by atomic mass is 9.85. The molecule has 2 atom stereocenters. The van der Waals surface area contributed by atoms with Crippen LogP contribution in [-0.2, 0) is 30.6 Å². The molecule has 3 aromatic rings. The maximum atomic E-state index is 11.5. The molecule has 0 radical (unpaired) electrons. The fourth-order valence-corrected chi connectivity index (χ4v) is 4.97. The molecule has 0 saturated heterocycles. The molecule has 1 aliphatic carbocycles. The van der Waals surface area contributed by atoms with E-state index in [1.807, 2.05) is 35.2 Å². The van der Waals surface area contributed by atoms with Gasteiger partial charge in [-0.25, -0.2) is 0 Å². The molecule has 33 heavy (non-hydrogen) atoms. The van der Waals surface area contributed by atoms with Crippen molar-refractivity contribution in [3.8, 4) is 11.5 Å². The van der Waals surface area contributed by atoms with E-state index in [0.29, 0.717) is 24.0 Å². The quantitative estimate of drug-likeness (QED) is 0.483. The summed E-state index contributed by atoms with van der Waals surface area (Å²) in [6.07, 6.45) is 5.90. The first-order valence-electron chi connectivity index (χ1n) is 11.3. The van der Waals surface area contributed by atoms with Gasteiger partial charge in [-0.3, -0.25) is 4.79 Å². The Morgan fingerprint density at radius 3 is 2.27 bits per heavy atom. The van der Waals surface area contributed by atoms with Crippen LogP contribution in [0.15, 0.2) is 60.9 Å². The number of fused-ring (bicyclic) bond motifs is 1.